The molecule has 5 heteroatoms. The van der Waals surface area contributed by atoms with E-state index in [0.29, 0.717) is 12.8 Å². The van der Waals surface area contributed by atoms with E-state index in [-0.39, 0.29) is 26.1 Å². The fraction of sp³-hybridized carbons (Fsp3) is 1.00. The summed E-state index contributed by atoms with van der Waals surface area (Å²) in [5, 5.41) is 37.8. The minimum atomic E-state index is -1.12. The standard InChI is InChI=1S/C10H22O4S/c1-3-9(13,5-7-11)15-10(14,4-2)6-8-12/h11-14H,3-8H2,1-2H3. The van der Waals surface area contributed by atoms with Gasteiger partial charge in [0.05, 0.1) is 0 Å². The molecule has 0 aromatic heterocycles. The largest absolute Gasteiger partial charge is 0.396 e. The van der Waals surface area contributed by atoms with E-state index in [1.165, 1.54) is 0 Å². The van der Waals surface area contributed by atoms with E-state index in [1.54, 1.807) is 13.8 Å². The Labute approximate surface area is 95.3 Å². The first-order valence-electron chi connectivity index (χ1n) is 5.32. The Morgan fingerprint density at radius 2 is 1.20 bits per heavy atom. The van der Waals surface area contributed by atoms with Crippen molar-refractivity contribution in [3.8, 4) is 0 Å². The number of aliphatic hydroxyl groups is 4. The van der Waals surface area contributed by atoms with Crippen LogP contribution in [0, 0.1) is 0 Å². The third-order valence-corrected chi connectivity index (χ3v) is 4.24. The van der Waals surface area contributed by atoms with Crippen molar-refractivity contribution in [1.29, 1.82) is 0 Å². The van der Waals surface area contributed by atoms with Crippen molar-refractivity contribution in [2.24, 2.45) is 0 Å². The van der Waals surface area contributed by atoms with Gasteiger partial charge in [-0.15, -0.1) is 0 Å². The minimum absolute atomic E-state index is 0.115. The Bertz CT molecular complexity index is 161. The molecule has 4 nitrogen and oxygen atoms in total. The predicted molar refractivity (Wildman–Crippen MR) is 61.5 cm³/mol. The van der Waals surface area contributed by atoms with Gasteiger partial charge in [-0.05, 0) is 12.8 Å². The molecule has 0 saturated carbocycles. The van der Waals surface area contributed by atoms with E-state index in [2.05, 4.69) is 0 Å². The average Bonchev–Trinajstić information content (AvgIpc) is 2.18. The van der Waals surface area contributed by atoms with Gasteiger partial charge in [0.15, 0.2) is 0 Å². The van der Waals surface area contributed by atoms with E-state index in [9.17, 15) is 10.2 Å². The van der Waals surface area contributed by atoms with Crippen LogP contribution in [0.2, 0.25) is 0 Å². The smallest absolute Gasteiger partial charge is 0.115 e. The summed E-state index contributed by atoms with van der Waals surface area (Å²) in [5.41, 5.74) is 0. The minimum Gasteiger partial charge on any atom is -0.396 e. The zero-order valence-electron chi connectivity index (χ0n) is 9.44. The molecule has 2 atom stereocenters. The van der Waals surface area contributed by atoms with E-state index in [1.807, 2.05) is 0 Å². The van der Waals surface area contributed by atoms with Crippen molar-refractivity contribution in [2.45, 2.75) is 49.4 Å². The Kier molecular flexibility index (Phi) is 6.79. The number of hydrogen-bond acceptors (Lipinski definition) is 5. The average molecular weight is 238 g/mol. The highest BCUT2D eigenvalue weighted by Crippen LogP contribution is 2.41. The lowest BCUT2D eigenvalue weighted by Gasteiger charge is -2.35. The second-order valence-electron chi connectivity index (χ2n) is 3.65. The maximum Gasteiger partial charge on any atom is 0.115 e. The second kappa shape index (κ2) is 6.70. The molecule has 4 N–H and O–H groups in total. The molecule has 0 heterocycles. The number of aliphatic hydroxyl groups excluding tert-OH is 2. The molecule has 0 aromatic rings. The van der Waals surface area contributed by atoms with Gasteiger partial charge in [-0.25, -0.2) is 0 Å². The van der Waals surface area contributed by atoms with Crippen LogP contribution in [-0.4, -0.2) is 43.5 Å². The van der Waals surface area contributed by atoms with Crippen molar-refractivity contribution in [3.05, 3.63) is 0 Å². The summed E-state index contributed by atoms with van der Waals surface area (Å²) in [6.07, 6.45) is 1.35. The fourth-order valence-electron chi connectivity index (χ4n) is 1.30. The summed E-state index contributed by atoms with van der Waals surface area (Å²) in [4.78, 5) is -2.23. The van der Waals surface area contributed by atoms with Crippen molar-refractivity contribution in [2.75, 3.05) is 13.2 Å². The molecule has 0 fully saturated rings. The van der Waals surface area contributed by atoms with Crippen LogP contribution in [0.15, 0.2) is 0 Å². The fourth-order valence-corrected chi connectivity index (χ4v) is 2.69. The van der Waals surface area contributed by atoms with E-state index >= 15 is 0 Å². The quantitative estimate of drug-likeness (QED) is 0.468. The molecule has 0 aliphatic heterocycles. The SMILES string of the molecule is CCC(O)(CCO)SC(O)(CC)CCO. The Morgan fingerprint density at radius 1 is 0.867 bits per heavy atom. The maximum absolute atomic E-state index is 10.1. The highest BCUT2D eigenvalue weighted by molar-refractivity contribution is 8.01. The Hall–Kier alpha value is 0.190. The first-order valence-corrected chi connectivity index (χ1v) is 6.13. The van der Waals surface area contributed by atoms with Gasteiger partial charge in [0, 0.05) is 26.1 Å². The molecule has 0 aliphatic rings. The van der Waals surface area contributed by atoms with E-state index < -0.39 is 9.87 Å². The first-order chi connectivity index (χ1) is 6.95. The second-order valence-corrected chi connectivity index (χ2v) is 5.37. The van der Waals surface area contributed by atoms with Crippen LogP contribution in [0.4, 0.5) is 0 Å². The van der Waals surface area contributed by atoms with E-state index in [0.717, 1.165) is 11.8 Å². The van der Waals surface area contributed by atoms with Gasteiger partial charge in [0.25, 0.3) is 0 Å². The van der Waals surface area contributed by atoms with Gasteiger partial charge in [0.2, 0.25) is 0 Å². The molecule has 0 rings (SSSR count). The zero-order valence-corrected chi connectivity index (χ0v) is 10.3. The summed E-state index contributed by atoms with van der Waals surface area (Å²) < 4.78 is 0. The van der Waals surface area contributed by atoms with Crippen molar-refractivity contribution < 1.29 is 20.4 Å². The number of hydrogen-bond donors (Lipinski definition) is 4. The molecule has 0 aliphatic carbocycles. The van der Waals surface area contributed by atoms with Gasteiger partial charge in [-0.2, -0.15) is 0 Å². The molecule has 0 bridgehead atoms. The maximum atomic E-state index is 10.1. The van der Waals surface area contributed by atoms with Crippen LogP contribution in [-0.2, 0) is 0 Å². The summed E-state index contributed by atoms with van der Waals surface area (Å²) >= 11 is 1.03. The van der Waals surface area contributed by atoms with Crippen LogP contribution in [0.5, 0.6) is 0 Å². The molecule has 2 unspecified atom stereocenters. The molecule has 92 valence electrons. The van der Waals surface area contributed by atoms with Crippen LogP contribution in [0.3, 0.4) is 0 Å². The summed E-state index contributed by atoms with van der Waals surface area (Å²) in [6, 6.07) is 0. The lowest BCUT2D eigenvalue weighted by Crippen LogP contribution is -2.35. The first kappa shape index (κ1) is 15.2. The highest BCUT2D eigenvalue weighted by atomic mass is 32.2. The third kappa shape index (κ3) is 5.17. The molecule has 0 saturated heterocycles. The Balaban J connectivity index is 4.47. The van der Waals surface area contributed by atoms with Crippen molar-refractivity contribution in [3.63, 3.8) is 0 Å². The van der Waals surface area contributed by atoms with Crippen LogP contribution >= 0.6 is 11.8 Å². The predicted octanol–water partition coefficient (Wildman–Crippen LogP) is 0.682. The molecular weight excluding hydrogens is 216 g/mol. The third-order valence-electron chi connectivity index (χ3n) is 2.49. The normalized spacial score (nSPS) is 19.6. The molecule has 15 heavy (non-hydrogen) atoms. The Morgan fingerprint density at radius 3 is 1.40 bits per heavy atom. The van der Waals surface area contributed by atoms with Crippen LogP contribution < -0.4 is 0 Å². The van der Waals surface area contributed by atoms with Gasteiger partial charge in [-0.1, -0.05) is 25.6 Å². The van der Waals surface area contributed by atoms with Crippen molar-refractivity contribution >= 4 is 11.8 Å². The number of rotatable bonds is 8. The lowest BCUT2D eigenvalue weighted by atomic mass is 10.2. The molecule has 0 spiro atoms. The molecule has 0 aromatic carbocycles. The van der Waals surface area contributed by atoms with Gasteiger partial charge in [-0.3, -0.25) is 0 Å². The van der Waals surface area contributed by atoms with Gasteiger partial charge < -0.3 is 20.4 Å². The van der Waals surface area contributed by atoms with E-state index in [4.69, 9.17) is 10.2 Å². The summed E-state index contributed by atoms with van der Waals surface area (Å²) in [5.74, 6) is 0. The highest BCUT2D eigenvalue weighted by Gasteiger charge is 2.36. The topological polar surface area (TPSA) is 80.9 Å². The lowest BCUT2D eigenvalue weighted by molar-refractivity contribution is 0.0677. The summed E-state index contributed by atoms with van der Waals surface area (Å²) in [7, 11) is 0. The summed E-state index contributed by atoms with van der Waals surface area (Å²) in [6.45, 7) is 3.38. The monoisotopic (exact) mass is 238 g/mol. The van der Waals surface area contributed by atoms with Crippen LogP contribution in [0.1, 0.15) is 39.5 Å². The zero-order chi connectivity index (χ0) is 11.9. The van der Waals surface area contributed by atoms with Crippen molar-refractivity contribution in [1.82, 2.24) is 0 Å². The van der Waals surface area contributed by atoms with Crippen LogP contribution in [0.25, 0.3) is 0 Å². The van der Waals surface area contributed by atoms with Gasteiger partial charge >= 0.3 is 0 Å². The molecular formula is C10H22O4S. The molecule has 0 radical (unpaired) electrons. The number of thioether (sulfide) groups is 1. The van der Waals surface area contributed by atoms with Gasteiger partial charge in [0.1, 0.15) is 9.87 Å². The molecule has 0 amide bonds.